The van der Waals surface area contributed by atoms with E-state index in [4.69, 9.17) is 9.47 Å². The van der Waals surface area contributed by atoms with Crippen LogP contribution in [0.3, 0.4) is 0 Å². The van der Waals surface area contributed by atoms with Gasteiger partial charge in [-0.25, -0.2) is 4.79 Å². The number of carbonyl (C=O) groups excluding carboxylic acids is 1. The molecule has 4 heteroatoms. The van der Waals surface area contributed by atoms with E-state index in [1.165, 1.54) is 0 Å². The summed E-state index contributed by atoms with van der Waals surface area (Å²) in [6.07, 6.45) is 0. The van der Waals surface area contributed by atoms with Gasteiger partial charge in [-0.15, -0.1) is 0 Å². The first kappa shape index (κ1) is 16.5. The monoisotopic (exact) mass is 280 g/mol. The Balaban J connectivity index is 3.47. The van der Waals surface area contributed by atoms with Crippen LogP contribution in [0.1, 0.15) is 53.4 Å². The van der Waals surface area contributed by atoms with Crippen LogP contribution in [-0.2, 0) is 16.1 Å². The van der Waals surface area contributed by atoms with E-state index in [9.17, 15) is 9.90 Å². The standard InChI is InChI=1S/C16H24O4/c1-9-10(2)12(8-19-7)13(14(17)11(9)3)15(18)20-16(4,5)6/h17H,8H2,1-7H3. The molecule has 1 rings (SSSR count). The summed E-state index contributed by atoms with van der Waals surface area (Å²) in [5.74, 6) is -0.539. The normalized spacial score (nSPS) is 11.6. The van der Waals surface area contributed by atoms with Crippen molar-refractivity contribution in [1.29, 1.82) is 0 Å². The number of hydrogen-bond acceptors (Lipinski definition) is 4. The van der Waals surface area contributed by atoms with Crippen molar-refractivity contribution in [3.8, 4) is 5.75 Å². The second kappa shape index (κ2) is 5.83. The van der Waals surface area contributed by atoms with Gasteiger partial charge in [-0.05, 0) is 63.8 Å². The molecular weight excluding hydrogens is 256 g/mol. The highest BCUT2D eigenvalue weighted by molar-refractivity contribution is 5.95. The Kier molecular flexibility index (Phi) is 4.81. The third-order valence-electron chi connectivity index (χ3n) is 3.36. The highest BCUT2D eigenvalue weighted by Gasteiger charge is 2.26. The fourth-order valence-corrected chi connectivity index (χ4v) is 2.08. The van der Waals surface area contributed by atoms with Gasteiger partial charge < -0.3 is 14.6 Å². The molecule has 0 fully saturated rings. The molecular formula is C16H24O4. The number of hydrogen-bond donors (Lipinski definition) is 1. The summed E-state index contributed by atoms with van der Waals surface area (Å²) in [6.45, 7) is 11.3. The number of phenols is 1. The third-order valence-corrected chi connectivity index (χ3v) is 3.36. The van der Waals surface area contributed by atoms with Crippen LogP contribution in [0.25, 0.3) is 0 Å². The first-order valence-corrected chi connectivity index (χ1v) is 6.64. The second-order valence-electron chi connectivity index (χ2n) is 6.01. The quantitative estimate of drug-likeness (QED) is 0.862. The van der Waals surface area contributed by atoms with Crippen molar-refractivity contribution < 1.29 is 19.4 Å². The van der Waals surface area contributed by atoms with E-state index in [0.29, 0.717) is 11.1 Å². The number of ether oxygens (including phenoxy) is 2. The fraction of sp³-hybridized carbons (Fsp3) is 0.562. The van der Waals surface area contributed by atoms with Gasteiger partial charge >= 0.3 is 5.97 Å². The zero-order valence-electron chi connectivity index (χ0n) is 13.4. The van der Waals surface area contributed by atoms with E-state index >= 15 is 0 Å². The topological polar surface area (TPSA) is 55.8 Å². The van der Waals surface area contributed by atoms with Gasteiger partial charge in [0.25, 0.3) is 0 Å². The lowest BCUT2D eigenvalue weighted by atomic mass is 9.92. The maximum absolute atomic E-state index is 12.4. The molecule has 0 aromatic heterocycles. The molecule has 0 unspecified atom stereocenters. The largest absolute Gasteiger partial charge is 0.507 e. The van der Waals surface area contributed by atoms with Crippen LogP contribution >= 0.6 is 0 Å². The van der Waals surface area contributed by atoms with Crippen molar-refractivity contribution in [3.05, 3.63) is 27.8 Å². The summed E-state index contributed by atoms with van der Waals surface area (Å²) in [5, 5.41) is 10.3. The second-order valence-corrected chi connectivity index (χ2v) is 6.01. The van der Waals surface area contributed by atoms with Gasteiger partial charge in [-0.2, -0.15) is 0 Å². The number of aromatic hydroxyl groups is 1. The van der Waals surface area contributed by atoms with Crippen molar-refractivity contribution >= 4 is 5.97 Å². The average Bonchev–Trinajstić information content (AvgIpc) is 2.31. The third kappa shape index (κ3) is 3.31. The minimum absolute atomic E-state index is 0.0191. The number of methoxy groups -OCH3 is 1. The zero-order chi connectivity index (χ0) is 15.7. The summed E-state index contributed by atoms with van der Waals surface area (Å²) in [4.78, 5) is 12.4. The molecule has 20 heavy (non-hydrogen) atoms. The molecule has 0 aliphatic rings. The van der Waals surface area contributed by atoms with E-state index in [2.05, 4.69) is 0 Å². The van der Waals surface area contributed by atoms with Gasteiger partial charge in [0, 0.05) is 7.11 Å². The molecule has 0 heterocycles. The average molecular weight is 280 g/mol. The SMILES string of the molecule is COCc1c(C)c(C)c(C)c(O)c1C(=O)OC(C)(C)C. The van der Waals surface area contributed by atoms with Crippen LogP contribution in [0.5, 0.6) is 5.75 Å². The van der Waals surface area contributed by atoms with Gasteiger partial charge in [0.05, 0.1) is 6.61 Å². The molecule has 0 spiro atoms. The molecule has 0 saturated heterocycles. The van der Waals surface area contributed by atoms with Gasteiger partial charge in [-0.3, -0.25) is 0 Å². The molecule has 112 valence electrons. The molecule has 0 bridgehead atoms. The van der Waals surface area contributed by atoms with Crippen LogP contribution in [0.4, 0.5) is 0 Å². The van der Waals surface area contributed by atoms with Crippen molar-refractivity contribution in [1.82, 2.24) is 0 Å². The molecule has 0 atom stereocenters. The molecule has 1 aromatic carbocycles. The highest BCUT2D eigenvalue weighted by atomic mass is 16.6. The van der Waals surface area contributed by atoms with E-state index in [-0.39, 0.29) is 17.9 Å². The minimum atomic E-state index is -0.611. The minimum Gasteiger partial charge on any atom is -0.507 e. The van der Waals surface area contributed by atoms with Crippen LogP contribution in [-0.4, -0.2) is 23.8 Å². The summed E-state index contributed by atoms with van der Waals surface area (Å²) >= 11 is 0. The first-order chi connectivity index (χ1) is 9.10. The summed E-state index contributed by atoms with van der Waals surface area (Å²) in [7, 11) is 1.56. The number of rotatable bonds is 3. The smallest absolute Gasteiger partial charge is 0.342 e. The lowest BCUT2D eigenvalue weighted by molar-refractivity contribution is 0.00627. The highest BCUT2D eigenvalue weighted by Crippen LogP contribution is 2.34. The lowest BCUT2D eigenvalue weighted by Crippen LogP contribution is -2.25. The summed E-state index contributed by atoms with van der Waals surface area (Å²) in [6, 6.07) is 0. The van der Waals surface area contributed by atoms with Crippen molar-refractivity contribution in [2.75, 3.05) is 7.11 Å². The molecule has 4 nitrogen and oxygen atoms in total. The predicted molar refractivity (Wildman–Crippen MR) is 78.2 cm³/mol. The maximum atomic E-state index is 12.4. The Morgan fingerprint density at radius 2 is 1.65 bits per heavy atom. The number of esters is 1. The van der Waals surface area contributed by atoms with E-state index in [1.807, 2.05) is 13.8 Å². The fourth-order valence-electron chi connectivity index (χ4n) is 2.08. The van der Waals surface area contributed by atoms with Crippen LogP contribution in [0.2, 0.25) is 0 Å². The van der Waals surface area contributed by atoms with Crippen molar-refractivity contribution in [2.24, 2.45) is 0 Å². The summed E-state index contributed by atoms with van der Waals surface area (Å²) in [5.41, 5.74) is 2.89. The van der Waals surface area contributed by atoms with Crippen molar-refractivity contribution in [2.45, 2.75) is 53.8 Å². The van der Waals surface area contributed by atoms with E-state index in [1.54, 1.807) is 34.8 Å². The van der Waals surface area contributed by atoms with Gasteiger partial charge in [0.1, 0.15) is 16.9 Å². The zero-order valence-corrected chi connectivity index (χ0v) is 13.4. The number of phenolic OH excluding ortho intramolecular Hbond substituents is 1. The van der Waals surface area contributed by atoms with Gasteiger partial charge in [0.15, 0.2) is 0 Å². The number of carbonyl (C=O) groups is 1. The Labute approximate surface area is 120 Å². The maximum Gasteiger partial charge on any atom is 0.342 e. The number of benzene rings is 1. The van der Waals surface area contributed by atoms with Gasteiger partial charge in [-0.1, -0.05) is 0 Å². The molecule has 0 saturated carbocycles. The Morgan fingerprint density at radius 3 is 2.10 bits per heavy atom. The molecule has 1 aromatic rings. The van der Waals surface area contributed by atoms with Crippen LogP contribution < -0.4 is 0 Å². The predicted octanol–water partition coefficient (Wildman–Crippen LogP) is 3.42. The first-order valence-electron chi connectivity index (χ1n) is 6.64. The van der Waals surface area contributed by atoms with Crippen molar-refractivity contribution in [3.63, 3.8) is 0 Å². The Hall–Kier alpha value is -1.55. The molecule has 1 N–H and O–H groups in total. The van der Waals surface area contributed by atoms with Crippen LogP contribution in [0, 0.1) is 20.8 Å². The molecule has 0 aliphatic carbocycles. The lowest BCUT2D eigenvalue weighted by Gasteiger charge is -2.23. The molecule has 0 radical (unpaired) electrons. The van der Waals surface area contributed by atoms with E-state index in [0.717, 1.165) is 11.1 Å². The van der Waals surface area contributed by atoms with E-state index < -0.39 is 11.6 Å². The molecule has 0 aliphatic heterocycles. The molecule has 0 amide bonds. The Morgan fingerprint density at radius 1 is 1.10 bits per heavy atom. The summed E-state index contributed by atoms with van der Waals surface area (Å²) < 4.78 is 10.5. The van der Waals surface area contributed by atoms with Crippen LogP contribution in [0.15, 0.2) is 0 Å². The Bertz CT molecular complexity index is 525. The van der Waals surface area contributed by atoms with Gasteiger partial charge in [0.2, 0.25) is 0 Å².